The number of hydrogen-bond acceptors (Lipinski definition) is 4. The summed E-state index contributed by atoms with van der Waals surface area (Å²) in [5.74, 6) is 1.37. The van der Waals surface area contributed by atoms with Gasteiger partial charge in [-0.15, -0.1) is 0 Å². The molecular formula is C21H28N6O. The number of pyridine rings is 1. The van der Waals surface area contributed by atoms with E-state index in [9.17, 15) is 4.79 Å². The minimum atomic E-state index is 0.0131. The Kier molecular flexibility index (Phi) is 5.17. The van der Waals surface area contributed by atoms with Crippen molar-refractivity contribution in [2.24, 2.45) is 0 Å². The van der Waals surface area contributed by atoms with Crippen molar-refractivity contribution < 1.29 is 4.79 Å². The number of carbonyl (C=O) groups is 1. The molecule has 1 amide bonds. The van der Waals surface area contributed by atoms with Crippen molar-refractivity contribution in [1.82, 2.24) is 28.7 Å². The van der Waals surface area contributed by atoms with Gasteiger partial charge in [0.2, 0.25) is 0 Å². The van der Waals surface area contributed by atoms with Crippen LogP contribution in [-0.2, 0) is 6.54 Å². The predicted octanol–water partition coefficient (Wildman–Crippen LogP) is 2.42. The first-order valence-electron chi connectivity index (χ1n) is 9.92. The average Bonchev–Trinajstić information content (AvgIpc) is 3.33. The molecule has 0 radical (unpaired) electrons. The van der Waals surface area contributed by atoms with Crippen LogP contribution >= 0.6 is 0 Å². The van der Waals surface area contributed by atoms with Crippen LogP contribution in [0.25, 0.3) is 5.65 Å². The van der Waals surface area contributed by atoms with Gasteiger partial charge in [-0.2, -0.15) is 0 Å². The molecule has 7 nitrogen and oxygen atoms in total. The van der Waals surface area contributed by atoms with Gasteiger partial charge in [-0.3, -0.25) is 4.79 Å². The molecule has 4 rings (SSSR count). The number of likely N-dealkylation sites (tertiary alicyclic amines) is 1. The van der Waals surface area contributed by atoms with E-state index >= 15 is 0 Å². The number of hydrogen-bond donors (Lipinski definition) is 0. The van der Waals surface area contributed by atoms with Gasteiger partial charge in [0, 0.05) is 56.4 Å². The lowest BCUT2D eigenvalue weighted by molar-refractivity contribution is 0.0698. The molecule has 1 aliphatic heterocycles. The first-order valence-corrected chi connectivity index (χ1v) is 9.92. The van der Waals surface area contributed by atoms with E-state index < -0.39 is 0 Å². The number of aromatic nitrogens is 4. The summed E-state index contributed by atoms with van der Waals surface area (Å²) in [5, 5.41) is 0. The smallest absolute Gasteiger partial charge is 0.274 e. The highest BCUT2D eigenvalue weighted by molar-refractivity contribution is 5.93. The summed E-state index contributed by atoms with van der Waals surface area (Å²) >= 11 is 0. The molecule has 3 aromatic heterocycles. The molecule has 0 aromatic carbocycles. The molecule has 0 bridgehead atoms. The quantitative estimate of drug-likeness (QED) is 0.682. The number of fused-ring (bicyclic) bond motifs is 1. The molecule has 0 spiro atoms. The maximum Gasteiger partial charge on any atom is 0.274 e. The largest absolute Gasteiger partial charge is 0.337 e. The summed E-state index contributed by atoms with van der Waals surface area (Å²) in [7, 11) is 4.16. The monoisotopic (exact) mass is 380 g/mol. The Balaban J connectivity index is 1.51. The third kappa shape index (κ3) is 3.67. The average molecular weight is 380 g/mol. The van der Waals surface area contributed by atoms with Crippen molar-refractivity contribution in [2.75, 3.05) is 33.7 Å². The second-order valence-electron chi connectivity index (χ2n) is 7.89. The SMILES string of the molecule is Cc1cccc2nc(C(=O)N3CCCC(c4nccn4CCN(C)C)C3)cn12. The van der Waals surface area contributed by atoms with Crippen LogP contribution in [0.3, 0.4) is 0 Å². The topological polar surface area (TPSA) is 58.7 Å². The fourth-order valence-electron chi connectivity index (χ4n) is 3.96. The molecule has 1 fully saturated rings. The second kappa shape index (κ2) is 7.75. The zero-order valence-electron chi connectivity index (χ0n) is 16.9. The summed E-state index contributed by atoms with van der Waals surface area (Å²) in [6.07, 6.45) is 7.83. The summed E-state index contributed by atoms with van der Waals surface area (Å²) < 4.78 is 4.20. The highest BCUT2D eigenvalue weighted by atomic mass is 16.2. The molecule has 1 aliphatic rings. The van der Waals surface area contributed by atoms with Crippen molar-refractivity contribution in [2.45, 2.75) is 32.2 Å². The Hall–Kier alpha value is -2.67. The van der Waals surface area contributed by atoms with Gasteiger partial charge in [0.25, 0.3) is 5.91 Å². The van der Waals surface area contributed by atoms with E-state index in [1.807, 2.05) is 53.0 Å². The number of imidazole rings is 2. The Morgan fingerprint density at radius 3 is 2.96 bits per heavy atom. The second-order valence-corrected chi connectivity index (χ2v) is 7.89. The number of rotatable bonds is 5. The molecule has 4 heterocycles. The van der Waals surface area contributed by atoms with Crippen LogP contribution < -0.4 is 0 Å². The third-order valence-electron chi connectivity index (χ3n) is 5.52. The third-order valence-corrected chi connectivity index (χ3v) is 5.52. The number of carbonyl (C=O) groups excluding carboxylic acids is 1. The number of nitrogens with zero attached hydrogens (tertiary/aromatic N) is 6. The molecule has 0 aliphatic carbocycles. The lowest BCUT2D eigenvalue weighted by Crippen LogP contribution is -2.40. The molecule has 148 valence electrons. The highest BCUT2D eigenvalue weighted by Crippen LogP contribution is 2.27. The van der Waals surface area contributed by atoms with Gasteiger partial charge < -0.3 is 18.8 Å². The van der Waals surface area contributed by atoms with Crippen LogP contribution in [0.2, 0.25) is 0 Å². The van der Waals surface area contributed by atoms with Crippen LogP contribution in [0, 0.1) is 6.92 Å². The number of piperidine rings is 1. The first-order chi connectivity index (χ1) is 13.5. The molecule has 1 saturated heterocycles. The van der Waals surface area contributed by atoms with Crippen LogP contribution in [0.5, 0.6) is 0 Å². The number of amides is 1. The number of likely N-dealkylation sites (N-methyl/N-ethyl adjacent to an activating group) is 1. The minimum absolute atomic E-state index is 0.0131. The highest BCUT2D eigenvalue weighted by Gasteiger charge is 2.29. The maximum absolute atomic E-state index is 13.1. The standard InChI is InChI=1S/C21H28N6O/c1-16-6-4-8-19-23-18(15-27(16)19)21(28)26-10-5-7-17(14-26)20-22-9-11-25(20)13-12-24(2)3/h4,6,8-9,11,15,17H,5,7,10,12-14H2,1-3H3. The molecule has 1 unspecified atom stereocenters. The summed E-state index contributed by atoms with van der Waals surface area (Å²) in [6.45, 7) is 5.39. The first kappa shape index (κ1) is 18.7. The molecule has 0 N–H and O–H groups in total. The van der Waals surface area contributed by atoms with Crippen molar-refractivity contribution >= 4 is 11.6 Å². The van der Waals surface area contributed by atoms with Crippen LogP contribution in [0.15, 0.2) is 36.8 Å². The molecule has 7 heteroatoms. The van der Waals surface area contributed by atoms with Gasteiger partial charge in [0.1, 0.15) is 17.2 Å². The minimum Gasteiger partial charge on any atom is -0.337 e. The Morgan fingerprint density at radius 2 is 2.18 bits per heavy atom. The lowest BCUT2D eigenvalue weighted by Gasteiger charge is -2.32. The van der Waals surface area contributed by atoms with Gasteiger partial charge in [0.15, 0.2) is 0 Å². The molecule has 0 saturated carbocycles. The van der Waals surface area contributed by atoms with Gasteiger partial charge in [-0.25, -0.2) is 9.97 Å². The van der Waals surface area contributed by atoms with E-state index in [0.29, 0.717) is 12.2 Å². The van der Waals surface area contributed by atoms with Crippen molar-refractivity contribution in [3.63, 3.8) is 0 Å². The fourth-order valence-corrected chi connectivity index (χ4v) is 3.96. The Bertz CT molecular complexity index is 972. The summed E-state index contributed by atoms with van der Waals surface area (Å²) in [6, 6.07) is 5.92. The Labute approximate surface area is 165 Å². The van der Waals surface area contributed by atoms with E-state index in [1.54, 1.807) is 0 Å². The van der Waals surface area contributed by atoms with E-state index in [0.717, 1.165) is 49.6 Å². The lowest BCUT2D eigenvalue weighted by atomic mass is 9.97. The van der Waals surface area contributed by atoms with Crippen molar-refractivity contribution in [3.05, 3.63) is 54.0 Å². The number of aryl methyl sites for hydroxylation is 1. The van der Waals surface area contributed by atoms with Gasteiger partial charge >= 0.3 is 0 Å². The van der Waals surface area contributed by atoms with Crippen LogP contribution in [0.4, 0.5) is 0 Å². The summed E-state index contributed by atoms with van der Waals surface area (Å²) in [4.78, 5) is 26.4. The van der Waals surface area contributed by atoms with Gasteiger partial charge in [-0.1, -0.05) is 6.07 Å². The predicted molar refractivity (Wildman–Crippen MR) is 109 cm³/mol. The zero-order chi connectivity index (χ0) is 19.7. The van der Waals surface area contributed by atoms with Crippen LogP contribution in [0.1, 0.15) is 40.8 Å². The molecule has 28 heavy (non-hydrogen) atoms. The van der Waals surface area contributed by atoms with Gasteiger partial charge in [-0.05, 0) is 46.0 Å². The van der Waals surface area contributed by atoms with Crippen LogP contribution in [-0.4, -0.2) is 68.4 Å². The van der Waals surface area contributed by atoms with E-state index in [2.05, 4.69) is 33.5 Å². The molecule has 1 atom stereocenters. The van der Waals surface area contributed by atoms with Crippen molar-refractivity contribution in [1.29, 1.82) is 0 Å². The zero-order valence-corrected chi connectivity index (χ0v) is 16.9. The maximum atomic E-state index is 13.1. The molecular weight excluding hydrogens is 352 g/mol. The van der Waals surface area contributed by atoms with Gasteiger partial charge in [0.05, 0.1) is 0 Å². The van der Waals surface area contributed by atoms with E-state index in [4.69, 9.17) is 0 Å². The molecule has 3 aromatic rings. The van der Waals surface area contributed by atoms with E-state index in [-0.39, 0.29) is 11.8 Å². The van der Waals surface area contributed by atoms with E-state index in [1.165, 1.54) is 0 Å². The normalized spacial score (nSPS) is 17.6. The fraction of sp³-hybridized carbons (Fsp3) is 0.476. The van der Waals surface area contributed by atoms with Crippen molar-refractivity contribution in [3.8, 4) is 0 Å². The Morgan fingerprint density at radius 1 is 1.32 bits per heavy atom. The summed E-state index contributed by atoms with van der Waals surface area (Å²) in [5.41, 5.74) is 2.41.